The number of hydrogen-bond donors (Lipinski definition) is 0. The molecule has 0 radical (unpaired) electrons. The maximum atomic E-state index is 10.1. The van der Waals surface area contributed by atoms with Gasteiger partial charge in [0.25, 0.3) is 0 Å². The molecule has 0 aromatic carbocycles. The summed E-state index contributed by atoms with van der Waals surface area (Å²) in [5.41, 5.74) is 0. The first-order valence-corrected chi connectivity index (χ1v) is 3.87. The summed E-state index contributed by atoms with van der Waals surface area (Å²) in [5.74, 6) is 0.733. The van der Waals surface area contributed by atoms with Gasteiger partial charge >= 0.3 is 51.4 Å². The van der Waals surface area contributed by atoms with Gasteiger partial charge in [0.2, 0.25) is 0 Å². The third-order valence-electron chi connectivity index (χ3n) is 2.15. The van der Waals surface area contributed by atoms with Gasteiger partial charge < -0.3 is 4.79 Å². The maximum absolute atomic E-state index is 10.1. The van der Waals surface area contributed by atoms with Gasteiger partial charge in [-0.25, -0.2) is 0 Å². The molecule has 0 aromatic heterocycles. The zero-order chi connectivity index (χ0) is 6.53. The molecule has 0 unspecified atom stereocenters. The zero-order valence-electron chi connectivity index (χ0n) is 5.81. The average molecular weight is 166 g/mol. The topological polar surface area (TPSA) is 17.1 Å². The molecule has 0 atom stereocenters. The van der Waals surface area contributed by atoms with E-state index in [1.54, 1.807) is 0 Å². The molecule has 1 rings (SSSR count). The Hall–Kier alpha value is 1.31. The fourth-order valence-corrected chi connectivity index (χ4v) is 1.56. The van der Waals surface area contributed by atoms with E-state index in [1.807, 2.05) is 0 Å². The van der Waals surface area contributed by atoms with E-state index in [1.165, 1.54) is 32.1 Å². The molecule has 0 amide bonds. The van der Waals surface area contributed by atoms with Crippen molar-refractivity contribution in [2.24, 2.45) is 5.92 Å². The van der Waals surface area contributed by atoms with Gasteiger partial charge in [-0.15, -0.1) is 0 Å². The van der Waals surface area contributed by atoms with Crippen molar-refractivity contribution in [2.75, 3.05) is 0 Å². The summed E-state index contributed by atoms with van der Waals surface area (Å²) in [4.78, 5) is 10.1. The molecule has 1 nitrogen and oxygen atoms in total. The third kappa shape index (κ3) is 4.24. The van der Waals surface area contributed by atoms with Crippen LogP contribution >= 0.6 is 0 Å². The van der Waals surface area contributed by atoms with E-state index < -0.39 is 0 Å². The van der Waals surface area contributed by atoms with Gasteiger partial charge in [0.15, 0.2) is 0 Å². The molecule has 0 saturated heterocycles. The van der Waals surface area contributed by atoms with Crippen molar-refractivity contribution in [3.8, 4) is 0 Å². The predicted molar refractivity (Wildman–Crippen MR) is 44.4 cm³/mol. The Bertz CT molecular complexity index is 87.3. The molecular formula is C8H15KO. The van der Waals surface area contributed by atoms with Crippen LogP contribution in [0.2, 0.25) is 0 Å². The second-order valence-corrected chi connectivity index (χ2v) is 2.91. The van der Waals surface area contributed by atoms with Crippen LogP contribution < -0.4 is 0 Å². The molecule has 1 aliphatic rings. The molecule has 54 valence electrons. The van der Waals surface area contributed by atoms with Crippen LogP contribution in [0.3, 0.4) is 0 Å². The van der Waals surface area contributed by atoms with E-state index in [0.717, 1.165) is 18.6 Å². The van der Waals surface area contributed by atoms with E-state index in [0.29, 0.717) is 0 Å². The normalized spacial score (nSPS) is 19.6. The van der Waals surface area contributed by atoms with E-state index >= 15 is 0 Å². The van der Waals surface area contributed by atoms with Crippen LogP contribution in [0.15, 0.2) is 0 Å². The van der Waals surface area contributed by atoms with Crippen molar-refractivity contribution < 1.29 is 4.79 Å². The Morgan fingerprint density at radius 2 is 1.80 bits per heavy atom. The van der Waals surface area contributed by atoms with E-state index in [2.05, 4.69) is 0 Å². The van der Waals surface area contributed by atoms with Crippen molar-refractivity contribution in [1.29, 1.82) is 0 Å². The second kappa shape index (κ2) is 6.98. The van der Waals surface area contributed by atoms with E-state index in [9.17, 15) is 4.79 Å². The molecule has 0 N–H and O–H groups in total. The van der Waals surface area contributed by atoms with Gasteiger partial charge in [0.05, 0.1) is 0 Å². The molecule has 0 aromatic rings. The first-order valence-electron chi connectivity index (χ1n) is 3.87. The van der Waals surface area contributed by atoms with Crippen molar-refractivity contribution >= 4 is 57.7 Å². The van der Waals surface area contributed by atoms with E-state index in [-0.39, 0.29) is 51.4 Å². The molecule has 0 bridgehead atoms. The summed E-state index contributed by atoms with van der Waals surface area (Å²) in [5, 5.41) is 0. The Labute approximate surface area is 105 Å². The second-order valence-electron chi connectivity index (χ2n) is 2.91. The summed E-state index contributed by atoms with van der Waals surface area (Å²) in [6.07, 6.45) is 8.53. The van der Waals surface area contributed by atoms with Gasteiger partial charge in [-0.1, -0.05) is 32.1 Å². The molecule has 1 saturated carbocycles. The Balaban J connectivity index is 0.000000810. The first kappa shape index (κ1) is 11.3. The van der Waals surface area contributed by atoms with Gasteiger partial charge in [-0.3, -0.25) is 0 Å². The summed E-state index contributed by atoms with van der Waals surface area (Å²) in [7, 11) is 0. The van der Waals surface area contributed by atoms with Crippen molar-refractivity contribution in [2.45, 2.75) is 38.5 Å². The summed E-state index contributed by atoms with van der Waals surface area (Å²) in [6.45, 7) is 0. The average Bonchev–Trinajstić information content (AvgIpc) is 1.91. The van der Waals surface area contributed by atoms with Crippen molar-refractivity contribution in [1.82, 2.24) is 0 Å². The number of hydrogen-bond acceptors (Lipinski definition) is 1. The van der Waals surface area contributed by atoms with Crippen LogP contribution in [0.5, 0.6) is 0 Å². The van der Waals surface area contributed by atoms with Crippen LogP contribution in [0.1, 0.15) is 38.5 Å². The van der Waals surface area contributed by atoms with Crippen LogP contribution in [-0.4, -0.2) is 57.7 Å². The number of carbonyl (C=O) groups excluding carboxylic acids is 1. The third-order valence-corrected chi connectivity index (χ3v) is 2.15. The Morgan fingerprint density at radius 1 is 1.20 bits per heavy atom. The standard InChI is InChI=1S/C8H14O.K.H/c9-7-6-8-4-2-1-3-5-8;;/h7-8H,1-6H2;;. The molecule has 2 heteroatoms. The molecule has 0 spiro atoms. The molecule has 0 heterocycles. The molecule has 1 fully saturated rings. The minimum atomic E-state index is 0. The van der Waals surface area contributed by atoms with Crippen LogP contribution in [0, 0.1) is 5.92 Å². The minimum absolute atomic E-state index is 0. The number of aldehydes is 1. The molecule has 1 aliphatic carbocycles. The van der Waals surface area contributed by atoms with Crippen LogP contribution in [-0.2, 0) is 4.79 Å². The van der Waals surface area contributed by atoms with Crippen LogP contribution in [0.4, 0.5) is 0 Å². The number of rotatable bonds is 2. The van der Waals surface area contributed by atoms with Gasteiger partial charge in [-0.05, 0) is 5.92 Å². The summed E-state index contributed by atoms with van der Waals surface area (Å²) < 4.78 is 0. The monoisotopic (exact) mass is 166 g/mol. The quantitative estimate of drug-likeness (QED) is 0.449. The van der Waals surface area contributed by atoms with Gasteiger partial charge in [0, 0.05) is 6.42 Å². The van der Waals surface area contributed by atoms with Crippen molar-refractivity contribution in [3.63, 3.8) is 0 Å². The summed E-state index contributed by atoms with van der Waals surface area (Å²) >= 11 is 0. The van der Waals surface area contributed by atoms with Crippen molar-refractivity contribution in [3.05, 3.63) is 0 Å². The number of carbonyl (C=O) groups is 1. The fraction of sp³-hybridized carbons (Fsp3) is 0.875. The Kier molecular flexibility index (Phi) is 7.89. The molecular weight excluding hydrogens is 151 g/mol. The van der Waals surface area contributed by atoms with Gasteiger partial charge in [-0.2, -0.15) is 0 Å². The zero-order valence-corrected chi connectivity index (χ0v) is 5.81. The summed E-state index contributed by atoms with van der Waals surface area (Å²) in [6, 6.07) is 0. The Morgan fingerprint density at radius 3 is 2.30 bits per heavy atom. The van der Waals surface area contributed by atoms with Gasteiger partial charge in [0.1, 0.15) is 6.29 Å². The fourth-order valence-electron chi connectivity index (χ4n) is 1.56. The van der Waals surface area contributed by atoms with Crippen LogP contribution in [0.25, 0.3) is 0 Å². The molecule has 0 aliphatic heterocycles. The molecule has 10 heavy (non-hydrogen) atoms. The predicted octanol–water partition coefficient (Wildman–Crippen LogP) is 1.51. The first-order chi connectivity index (χ1) is 4.43. The van der Waals surface area contributed by atoms with E-state index in [4.69, 9.17) is 0 Å². The SMILES string of the molecule is O=CCC1CCCCC1.[KH].